The van der Waals surface area contributed by atoms with E-state index in [1.807, 2.05) is 42.8 Å². The van der Waals surface area contributed by atoms with Crippen molar-refractivity contribution in [2.75, 3.05) is 0 Å². The van der Waals surface area contributed by atoms with Crippen molar-refractivity contribution in [2.45, 2.75) is 33.9 Å². The Bertz CT molecular complexity index is 1380. The average Bonchev–Trinajstić information content (AvgIpc) is 3.34. The Morgan fingerprint density at radius 3 is 2.52 bits per heavy atom. The van der Waals surface area contributed by atoms with Crippen molar-refractivity contribution < 1.29 is 9.59 Å². The first-order valence-corrected chi connectivity index (χ1v) is 10.7. The number of ketones is 1. The fraction of sp³-hybridized carbons (Fsp3) is 0.227. The summed E-state index contributed by atoms with van der Waals surface area (Å²) >= 11 is 1.47. The summed E-state index contributed by atoms with van der Waals surface area (Å²) in [6, 6.07) is 7.34. The minimum Gasteiger partial charge on any atom is -0.364 e. The number of rotatable bonds is 6. The van der Waals surface area contributed by atoms with Gasteiger partial charge in [-0.3, -0.25) is 18.7 Å². The van der Waals surface area contributed by atoms with E-state index < -0.39 is 11.6 Å². The molecule has 0 aliphatic rings. The number of benzene rings is 1. The van der Waals surface area contributed by atoms with Gasteiger partial charge in [-0.2, -0.15) is 11.3 Å². The van der Waals surface area contributed by atoms with Crippen molar-refractivity contribution in [1.29, 1.82) is 0 Å². The van der Waals surface area contributed by atoms with Gasteiger partial charge in [0.05, 0.1) is 6.54 Å². The van der Waals surface area contributed by atoms with Crippen molar-refractivity contribution in [1.82, 2.24) is 19.1 Å². The van der Waals surface area contributed by atoms with E-state index in [9.17, 15) is 14.4 Å². The van der Waals surface area contributed by atoms with Gasteiger partial charge in [-0.05, 0) is 37.8 Å². The standard InChI is InChI=1S/C22H21N5O3S/c1-4-26-21-18(17(19(23)29)24-20(25-21)14-7-8-31-11-14)27(22(26)30)10-16(28)15-6-5-12(2)9-13(15)3/h5-9,11H,4,10H2,1-3H3,(H2,23,29). The summed E-state index contributed by atoms with van der Waals surface area (Å²) in [5, 5.41) is 3.72. The van der Waals surface area contributed by atoms with Crippen LogP contribution in [0.15, 0.2) is 39.8 Å². The highest BCUT2D eigenvalue weighted by Gasteiger charge is 2.24. The fourth-order valence-electron chi connectivity index (χ4n) is 3.69. The predicted molar refractivity (Wildman–Crippen MR) is 120 cm³/mol. The van der Waals surface area contributed by atoms with Crippen LogP contribution in [-0.2, 0) is 13.1 Å². The molecule has 0 atom stereocenters. The highest BCUT2D eigenvalue weighted by atomic mass is 32.1. The van der Waals surface area contributed by atoms with Gasteiger partial charge in [0, 0.05) is 23.1 Å². The summed E-state index contributed by atoms with van der Waals surface area (Å²) < 4.78 is 2.67. The third kappa shape index (κ3) is 3.57. The van der Waals surface area contributed by atoms with Crippen LogP contribution in [0.3, 0.4) is 0 Å². The number of hydrogen-bond acceptors (Lipinski definition) is 6. The quantitative estimate of drug-likeness (QED) is 0.468. The summed E-state index contributed by atoms with van der Waals surface area (Å²) in [4.78, 5) is 47.4. The molecule has 0 unspecified atom stereocenters. The van der Waals surface area contributed by atoms with E-state index in [1.54, 1.807) is 13.0 Å². The minimum atomic E-state index is -0.787. The molecule has 0 spiro atoms. The smallest absolute Gasteiger partial charge is 0.330 e. The summed E-state index contributed by atoms with van der Waals surface area (Å²) in [6.45, 7) is 5.67. The van der Waals surface area contributed by atoms with Crippen molar-refractivity contribution in [2.24, 2.45) is 5.73 Å². The number of primary amides is 1. The topological polar surface area (TPSA) is 113 Å². The second kappa shape index (κ2) is 7.92. The summed E-state index contributed by atoms with van der Waals surface area (Å²) in [6.07, 6.45) is 0. The molecule has 0 bridgehead atoms. The number of nitrogens with two attached hydrogens (primary N) is 1. The van der Waals surface area contributed by atoms with Crippen LogP contribution < -0.4 is 11.4 Å². The highest BCUT2D eigenvalue weighted by molar-refractivity contribution is 7.08. The normalized spacial score (nSPS) is 11.2. The molecular formula is C22H21N5O3S. The van der Waals surface area contributed by atoms with E-state index in [1.165, 1.54) is 20.5 Å². The Morgan fingerprint density at radius 2 is 1.90 bits per heavy atom. The molecule has 1 amide bonds. The molecular weight excluding hydrogens is 414 g/mol. The number of fused-ring (bicyclic) bond motifs is 1. The monoisotopic (exact) mass is 435 g/mol. The first-order valence-electron chi connectivity index (χ1n) is 9.75. The molecule has 9 heteroatoms. The van der Waals surface area contributed by atoms with Crippen molar-refractivity contribution in [3.63, 3.8) is 0 Å². The van der Waals surface area contributed by atoms with E-state index in [0.717, 1.165) is 16.7 Å². The molecule has 0 fully saturated rings. The number of nitrogens with zero attached hydrogens (tertiary/aromatic N) is 4. The third-order valence-corrected chi connectivity index (χ3v) is 5.85. The van der Waals surface area contributed by atoms with Crippen molar-refractivity contribution in [3.8, 4) is 11.4 Å². The second-order valence-electron chi connectivity index (χ2n) is 7.30. The van der Waals surface area contributed by atoms with Crippen LogP contribution in [-0.4, -0.2) is 30.8 Å². The van der Waals surface area contributed by atoms with Crippen molar-refractivity contribution in [3.05, 3.63) is 67.9 Å². The van der Waals surface area contributed by atoms with Gasteiger partial charge in [0.1, 0.15) is 5.52 Å². The average molecular weight is 436 g/mol. The zero-order chi connectivity index (χ0) is 22.3. The molecule has 0 aliphatic carbocycles. The number of hydrogen-bond donors (Lipinski definition) is 1. The summed E-state index contributed by atoms with van der Waals surface area (Å²) in [5.74, 6) is -0.723. The number of amides is 1. The molecule has 0 radical (unpaired) electrons. The molecule has 1 aromatic carbocycles. The molecule has 158 valence electrons. The Hall–Kier alpha value is -3.59. The lowest BCUT2D eigenvalue weighted by Crippen LogP contribution is -2.27. The predicted octanol–water partition coefficient (Wildman–Crippen LogP) is 2.94. The van der Waals surface area contributed by atoms with Gasteiger partial charge in [0.2, 0.25) is 0 Å². The first kappa shape index (κ1) is 20.7. The first-order chi connectivity index (χ1) is 14.8. The van der Waals surface area contributed by atoms with Gasteiger partial charge < -0.3 is 5.73 Å². The molecule has 2 N–H and O–H groups in total. The van der Waals surface area contributed by atoms with E-state index >= 15 is 0 Å². The Balaban J connectivity index is 1.93. The maximum atomic E-state index is 13.2. The third-order valence-electron chi connectivity index (χ3n) is 5.17. The van der Waals surface area contributed by atoms with Crippen LogP contribution in [0.5, 0.6) is 0 Å². The lowest BCUT2D eigenvalue weighted by Gasteiger charge is -2.08. The number of imidazole rings is 1. The molecule has 0 aliphatic heterocycles. The number of aryl methyl sites for hydroxylation is 3. The van der Waals surface area contributed by atoms with Gasteiger partial charge in [0.25, 0.3) is 5.91 Å². The minimum absolute atomic E-state index is 0.0797. The van der Waals surface area contributed by atoms with Gasteiger partial charge >= 0.3 is 5.69 Å². The SMILES string of the molecule is CCn1c(=O)n(CC(=O)c2ccc(C)cc2C)c2c(C(N)=O)nc(-c3ccsc3)nc21. The largest absolute Gasteiger partial charge is 0.364 e. The maximum absolute atomic E-state index is 13.2. The Kier molecular flexibility index (Phi) is 5.28. The van der Waals surface area contributed by atoms with Crippen LogP contribution in [0.25, 0.3) is 22.6 Å². The number of aromatic nitrogens is 4. The Morgan fingerprint density at radius 1 is 1.13 bits per heavy atom. The molecule has 0 saturated heterocycles. The molecule has 3 aromatic heterocycles. The molecule has 4 aromatic rings. The van der Waals surface area contributed by atoms with E-state index in [2.05, 4.69) is 9.97 Å². The van der Waals surface area contributed by atoms with Crippen LogP contribution >= 0.6 is 11.3 Å². The van der Waals surface area contributed by atoms with Gasteiger partial charge in [-0.25, -0.2) is 14.8 Å². The lowest BCUT2D eigenvalue weighted by molar-refractivity contribution is 0.0965. The second-order valence-corrected chi connectivity index (χ2v) is 8.08. The van der Waals surface area contributed by atoms with Crippen LogP contribution in [0.2, 0.25) is 0 Å². The lowest BCUT2D eigenvalue weighted by atomic mass is 10.0. The van der Waals surface area contributed by atoms with E-state index in [-0.39, 0.29) is 29.2 Å². The highest BCUT2D eigenvalue weighted by Crippen LogP contribution is 2.24. The van der Waals surface area contributed by atoms with E-state index in [4.69, 9.17) is 5.73 Å². The molecule has 8 nitrogen and oxygen atoms in total. The number of carbonyl (C=O) groups is 2. The summed E-state index contributed by atoms with van der Waals surface area (Å²) in [5.41, 5.74) is 8.67. The Labute approximate surface area is 182 Å². The molecule has 0 saturated carbocycles. The van der Waals surface area contributed by atoms with Crippen LogP contribution in [0.4, 0.5) is 0 Å². The van der Waals surface area contributed by atoms with Gasteiger partial charge in [0.15, 0.2) is 22.9 Å². The van der Waals surface area contributed by atoms with Gasteiger partial charge in [-0.15, -0.1) is 0 Å². The van der Waals surface area contributed by atoms with Crippen molar-refractivity contribution >= 4 is 34.2 Å². The summed E-state index contributed by atoms with van der Waals surface area (Å²) in [7, 11) is 0. The molecule has 31 heavy (non-hydrogen) atoms. The zero-order valence-corrected chi connectivity index (χ0v) is 18.2. The van der Waals surface area contributed by atoms with Gasteiger partial charge in [-0.1, -0.05) is 23.8 Å². The maximum Gasteiger partial charge on any atom is 0.330 e. The zero-order valence-electron chi connectivity index (χ0n) is 17.4. The van der Waals surface area contributed by atoms with Crippen LogP contribution in [0.1, 0.15) is 38.9 Å². The molecule has 4 rings (SSSR count). The number of thiophene rings is 1. The number of Topliss-reactive ketones (excluding diaryl/α,β-unsaturated/α-hetero) is 1. The number of carbonyl (C=O) groups excluding carboxylic acids is 2. The van der Waals surface area contributed by atoms with Crippen LogP contribution in [0, 0.1) is 13.8 Å². The fourth-order valence-corrected chi connectivity index (χ4v) is 4.33. The molecule has 3 heterocycles. The van der Waals surface area contributed by atoms with E-state index in [0.29, 0.717) is 17.9 Å².